The highest BCUT2D eigenvalue weighted by Gasteiger charge is 2.61. The van der Waals surface area contributed by atoms with Gasteiger partial charge in [0.05, 0.1) is 5.69 Å². The first kappa shape index (κ1) is 35.8. The van der Waals surface area contributed by atoms with Gasteiger partial charge in [0.1, 0.15) is 11.5 Å². The predicted molar refractivity (Wildman–Crippen MR) is 244 cm³/mol. The number of hydrogen-bond acceptors (Lipinski definition) is 2. The average Bonchev–Trinajstić information content (AvgIpc) is 3.46. The lowest BCUT2D eigenvalue weighted by Gasteiger charge is -2.63. The van der Waals surface area contributed by atoms with Gasteiger partial charge in [-0.1, -0.05) is 120 Å². The highest BCUT2D eigenvalue weighted by atomic mass is 16.5. The molecule has 6 aromatic carbocycles. The fourth-order valence-corrected chi connectivity index (χ4v) is 14.0. The Morgan fingerprint density at radius 1 is 0.475 bits per heavy atom. The lowest BCUT2D eigenvalue weighted by Crippen LogP contribution is -2.57. The van der Waals surface area contributed by atoms with E-state index in [9.17, 15) is 0 Å². The maximum atomic E-state index is 7.10. The van der Waals surface area contributed by atoms with Crippen LogP contribution in [-0.2, 0) is 21.7 Å². The second-order valence-electron chi connectivity index (χ2n) is 21.2. The van der Waals surface area contributed by atoms with Crippen LogP contribution in [-0.4, -0.2) is 0 Å². The van der Waals surface area contributed by atoms with Gasteiger partial charge in [-0.3, -0.25) is 0 Å². The number of fused-ring (bicyclic) bond motifs is 6. The number of benzene rings is 6. The van der Waals surface area contributed by atoms with Crippen molar-refractivity contribution in [1.29, 1.82) is 0 Å². The van der Waals surface area contributed by atoms with Gasteiger partial charge < -0.3 is 9.64 Å². The lowest BCUT2D eigenvalue weighted by molar-refractivity contribution is -0.0452. The molecule has 1 heterocycles. The number of hydrogen-bond donors (Lipinski definition) is 0. The lowest BCUT2D eigenvalue weighted by atomic mass is 9.41. The van der Waals surface area contributed by atoms with Gasteiger partial charge in [0.2, 0.25) is 0 Å². The Kier molecular flexibility index (Phi) is 7.44. The summed E-state index contributed by atoms with van der Waals surface area (Å²) in [4.78, 5) is 2.65. The summed E-state index contributed by atoms with van der Waals surface area (Å²) in [7, 11) is 0. The first-order valence-electron chi connectivity index (χ1n) is 22.6. The molecule has 0 atom stereocenters. The number of rotatable bonds is 4. The smallest absolute Gasteiger partial charge is 0.131 e. The second-order valence-corrected chi connectivity index (χ2v) is 21.2. The van der Waals surface area contributed by atoms with E-state index < -0.39 is 0 Å². The van der Waals surface area contributed by atoms with Crippen LogP contribution < -0.4 is 9.64 Å². The van der Waals surface area contributed by atoms with Gasteiger partial charge in [-0.05, 0) is 172 Å². The van der Waals surface area contributed by atoms with E-state index in [4.69, 9.17) is 4.74 Å². The van der Waals surface area contributed by atoms with E-state index in [0.717, 1.165) is 29.8 Å². The molecular formula is C57H57NO. The van der Waals surface area contributed by atoms with Gasteiger partial charge in [0, 0.05) is 33.3 Å². The minimum absolute atomic E-state index is 0.0265. The van der Waals surface area contributed by atoms with Crippen molar-refractivity contribution >= 4 is 17.1 Å². The fraction of sp³-hybridized carbons (Fsp3) is 0.368. The summed E-state index contributed by atoms with van der Waals surface area (Å²) >= 11 is 0. The first-order chi connectivity index (χ1) is 28.4. The van der Waals surface area contributed by atoms with E-state index in [1.807, 2.05) is 0 Å². The Balaban J connectivity index is 1.11. The molecule has 6 aliphatic carbocycles. The molecule has 0 N–H and O–H groups in total. The molecule has 4 bridgehead atoms. The summed E-state index contributed by atoms with van der Waals surface area (Å²) in [6, 6.07) is 49.0. The quantitative estimate of drug-likeness (QED) is 0.177. The third kappa shape index (κ3) is 4.98. The molecule has 0 saturated heterocycles. The maximum Gasteiger partial charge on any atom is 0.131 e. The van der Waals surface area contributed by atoms with Crippen molar-refractivity contribution in [1.82, 2.24) is 0 Å². The molecule has 0 unspecified atom stereocenters. The number of anilines is 3. The molecule has 0 amide bonds. The third-order valence-corrected chi connectivity index (χ3v) is 16.7. The molecule has 2 nitrogen and oxygen atoms in total. The van der Waals surface area contributed by atoms with Gasteiger partial charge in [-0.15, -0.1) is 0 Å². The first-order valence-corrected chi connectivity index (χ1v) is 22.6. The van der Waals surface area contributed by atoms with Crippen LogP contribution in [0.25, 0.3) is 22.3 Å². The largest absolute Gasteiger partial charge is 0.457 e. The van der Waals surface area contributed by atoms with E-state index >= 15 is 0 Å². The highest BCUT2D eigenvalue weighted by molar-refractivity contribution is 5.87. The molecule has 296 valence electrons. The summed E-state index contributed by atoms with van der Waals surface area (Å²) in [6.45, 7) is 14.7. The monoisotopic (exact) mass is 771 g/mol. The van der Waals surface area contributed by atoms with Crippen LogP contribution in [0.15, 0.2) is 127 Å². The van der Waals surface area contributed by atoms with E-state index in [-0.39, 0.29) is 21.7 Å². The van der Waals surface area contributed by atoms with E-state index in [1.54, 1.807) is 0 Å². The van der Waals surface area contributed by atoms with Gasteiger partial charge >= 0.3 is 0 Å². The molecule has 6 aromatic rings. The zero-order valence-electron chi connectivity index (χ0n) is 35.7. The summed E-state index contributed by atoms with van der Waals surface area (Å²) in [5.74, 6) is 5.06. The summed E-state index contributed by atoms with van der Waals surface area (Å²) in [6.07, 6.45) is 9.08. The van der Waals surface area contributed by atoms with Crippen molar-refractivity contribution in [3.63, 3.8) is 0 Å². The summed E-state index contributed by atoms with van der Waals surface area (Å²) < 4.78 is 7.10. The van der Waals surface area contributed by atoms with Gasteiger partial charge in [0.15, 0.2) is 0 Å². The molecule has 59 heavy (non-hydrogen) atoms. The zero-order valence-corrected chi connectivity index (χ0v) is 35.7. The van der Waals surface area contributed by atoms with Crippen LogP contribution in [0.1, 0.15) is 120 Å². The summed E-state index contributed by atoms with van der Waals surface area (Å²) in [5, 5.41) is 0. The van der Waals surface area contributed by atoms with Crippen LogP contribution in [0, 0.1) is 23.7 Å². The van der Waals surface area contributed by atoms with Crippen molar-refractivity contribution in [3.8, 4) is 33.8 Å². The molecule has 7 aliphatic rings. The minimum Gasteiger partial charge on any atom is -0.457 e. The van der Waals surface area contributed by atoms with Crippen LogP contribution in [0.4, 0.5) is 17.1 Å². The van der Waals surface area contributed by atoms with Gasteiger partial charge in [-0.25, -0.2) is 0 Å². The highest BCUT2D eigenvalue weighted by Crippen LogP contribution is 2.69. The van der Waals surface area contributed by atoms with Crippen molar-refractivity contribution in [2.24, 2.45) is 23.7 Å². The number of nitrogens with zero attached hydrogens (tertiary/aromatic N) is 1. The van der Waals surface area contributed by atoms with Gasteiger partial charge in [-0.2, -0.15) is 0 Å². The van der Waals surface area contributed by atoms with Crippen LogP contribution in [0.5, 0.6) is 11.5 Å². The molecular weight excluding hydrogens is 715 g/mol. The Morgan fingerprint density at radius 3 is 1.81 bits per heavy atom. The Hall–Kier alpha value is -5.08. The topological polar surface area (TPSA) is 12.5 Å². The predicted octanol–water partition coefficient (Wildman–Crippen LogP) is 15.3. The number of ether oxygens (including phenoxy) is 1. The maximum absolute atomic E-state index is 7.10. The molecule has 0 radical (unpaired) electrons. The van der Waals surface area contributed by atoms with Crippen molar-refractivity contribution < 1.29 is 4.74 Å². The fourth-order valence-electron chi connectivity index (χ4n) is 14.0. The molecule has 2 heteroatoms. The minimum atomic E-state index is -0.0979. The molecule has 1 spiro atoms. The van der Waals surface area contributed by atoms with Gasteiger partial charge in [0.25, 0.3) is 0 Å². The third-order valence-electron chi connectivity index (χ3n) is 16.7. The molecule has 1 aliphatic heterocycles. The zero-order chi connectivity index (χ0) is 40.1. The summed E-state index contributed by atoms with van der Waals surface area (Å²) in [5.41, 5.74) is 17.7. The standard InChI is InChI=1S/C57H57NO/c1-54(2)25-26-55(3,4)53-46(54)17-12-18-50(53)58(41-20-22-44-43-15-10-11-16-45(43)56(5,6)47(44)33-41)42-21-24-52-49(34-42)57(39-28-35-27-36(30-39)31-40(57)29-35)48-32-38(19-23-51(48)59-52)37-13-8-7-9-14-37/h7-24,32-36,39-40H,25-31H2,1-6H3. The van der Waals surface area contributed by atoms with Crippen LogP contribution in [0.3, 0.4) is 0 Å². The average molecular weight is 772 g/mol. The van der Waals surface area contributed by atoms with Crippen molar-refractivity contribution in [3.05, 3.63) is 161 Å². The Bertz CT molecular complexity index is 2670. The molecule has 4 saturated carbocycles. The van der Waals surface area contributed by atoms with E-state index in [0.29, 0.717) is 11.8 Å². The van der Waals surface area contributed by atoms with E-state index in [1.165, 1.54) is 111 Å². The molecule has 0 aromatic heterocycles. The molecule has 13 rings (SSSR count). The van der Waals surface area contributed by atoms with Crippen molar-refractivity contribution in [2.45, 2.75) is 108 Å². The Labute approximate surface area is 351 Å². The second kappa shape index (κ2) is 12.2. The van der Waals surface area contributed by atoms with Crippen molar-refractivity contribution in [2.75, 3.05) is 4.90 Å². The SMILES string of the molecule is CC1(C)CCC(C)(C)c2c(N(c3ccc4c(c3)C(C)(C)c3ccccc3-4)c3ccc4c(c3)C3(c5cc(-c6ccccc6)ccc5O4)C4CC5CC(C4)CC3C5)cccc21. The normalized spacial score (nSPS) is 26.6. The van der Waals surface area contributed by atoms with Crippen LogP contribution >= 0.6 is 0 Å². The van der Waals surface area contributed by atoms with E-state index in [2.05, 4.69) is 174 Å². The van der Waals surface area contributed by atoms with Crippen LogP contribution in [0.2, 0.25) is 0 Å². The Morgan fingerprint density at radius 2 is 1.07 bits per heavy atom. The molecule has 4 fully saturated rings.